The standard InChI is InChI=1S/C18H21N3O2S/c1-13-6-4-10-17(23)21(13)11-3-2-9-16(22)20-15-8-5-7-14(12-15)18(19)24/h4-8,10,12H,2-3,9,11H2,1H3,(H2,19,24)(H,20,22). The molecule has 0 unspecified atom stereocenters. The molecule has 0 bridgehead atoms. The van der Waals surface area contributed by atoms with Crippen LogP contribution in [-0.2, 0) is 11.3 Å². The summed E-state index contributed by atoms with van der Waals surface area (Å²) >= 11 is 4.93. The lowest BCUT2D eigenvalue weighted by atomic mass is 10.2. The fourth-order valence-corrected chi connectivity index (χ4v) is 2.57. The Morgan fingerprint density at radius 2 is 1.96 bits per heavy atom. The molecule has 0 atom stereocenters. The maximum atomic E-state index is 12.0. The van der Waals surface area contributed by atoms with E-state index in [1.54, 1.807) is 41.0 Å². The number of hydrogen-bond donors (Lipinski definition) is 2. The minimum absolute atomic E-state index is 0.00554. The summed E-state index contributed by atoms with van der Waals surface area (Å²) in [6.45, 7) is 2.53. The molecule has 0 radical (unpaired) electrons. The third-order valence-electron chi connectivity index (χ3n) is 3.73. The summed E-state index contributed by atoms with van der Waals surface area (Å²) in [6.07, 6.45) is 1.88. The van der Waals surface area contributed by atoms with Crippen LogP contribution in [0.3, 0.4) is 0 Å². The van der Waals surface area contributed by atoms with Crippen LogP contribution in [-0.4, -0.2) is 15.5 Å². The van der Waals surface area contributed by atoms with Crippen molar-refractivity contribution in [3.8, 4) is 0 Å². The second kappa shape index (κ2) is 8.40. The maximum Gasteiger partial charge on any atom is 0.250 e. The van der Waals surface area contributed by atoms with Crippen LogP contribution in [0.4, 0.5) is 5.69 Å². The molecule has 0 saturated heterocycles. The summed E-state index contributed by atoms with van der Waals surface area (Å²) < 4.78 is 1.73. The molecule has 1 aromatic carbocycles. The van der Waals surface area contributed by atoms with Crippen molar-refractivity contribution in [1.82, 2.24) is 4.57 Å². The van der Waals surface area contributed by atoms with E-state index >= 15 is 0 Å². The molecule has 126 valence electrons. The van der Waals surface area contributed by atoms with Crippen molar-refractivity contribution in [3.05, 3.63) is 64.1 Å². The predicted octanol–water partition coefficient (Wildman–Crippen LogP) is 2.60. The number of aryl methyl sites for hydroxylation is 1. The molecule has 0 aliphatic rings. The first-order chi connectivity index (χ1) is 11.5. The normalized spacial score (nSPS) is 10.4. The second-order valence-electron chi connectivity index (χ2n) is 5.61. The fraction of sp³-hybridized carbons (Fsp3) is 0.278. The van der Waals surface area contributed by atoms with Gasteiger partial charge in [-0.15, -0.1) is 0 Å². The van der Waals surface area contributed by atoms with E-state index in [4.69, 9.17) is 18.0 Å². The van der Waals surface area contributed by atoms with Crippen molar-refractivity contribution in [3.63, 3.8) is 0 Å². The van der Waals surface area contributed by atoms with Crippen LogP contribution in [0.15, 0.2) is 47.3 Å². The highest BCUT2D eigenvalue weighted by molar-refractivity contribution is 7.80. The Morgan fingerprint density at radius 3 is 2.67 bits per heavy atom. The minimum Gasteiger partial charge on any atom is -0.389 e. The van der Waals surface area contributed by atoms with Gasteiger partial charge in [-0.2, -0.15) is 0 Å². The fourth-order valence-electron chi connectivity index (χ4n) is 2.44. The van der Waals surface area contributed by atoms with Gasteiger partial charge in [0.25, 0.3) is 5.56 Å². The molecule has 1 aromatic heterocycles. The molecule has 0 spiro atoms. The number of carbonyl (C=O) groups excluding carboxylic acids is 1. The summed E-state index contributed by atoms with van der Waals surface area (Å²) in [5.41, 5.74) is 7.91. The molecule has 0 aliphatic heterocycles. The molecule has 0 aliphatic carbocycles. The average molecular weight is 343 g/mol. The Labute approximate surface area is 146 Å². The third kappa shape index (κ3) is 5.03. The Balaban J connectivity index is 1.81. The zero-order valence-electron chi connectivity index (χ0n) is 13.6. The molecule has 0 saturated carbocycles. The van der Waals surface area contributed by atoms with Crippen molar-refractivity contribution in [2.24, 2.45) is 5.73 Å². The Kier molecular flexibility index (Phi) is 6.26. The van der Waals surface area contributed by atoms with Crippen molar-refractivity contribution in [2.45, 2.75) is 32.7 Å². The highest BCUT2D eigenvalue weighted by Crippen LogP contribution is 2.11. The van der Waals surface area contributed by atoms with E-state index in [0.29, 0.717) is 30.1 Å². The topological polar surface area (TPSA) is 77.1 Å². The van der Waals surface area contributed by atoms with E-state index in [2.05, 4.69) is 5.32 Å². The van der Waals surface area contributed by atoms with Crippen molar-refractivity contribution < 1.29 is 4.79 Å². The Morgan fingerprint density at radius 1 is 1.21 bits per heavy atom. The lowest BCUT2D eigenvalue weighted by Crippen LogP contribution is -2.21. The van der Waals surface area contributed by atoms with E-state index in [1.165, 1.54) is 0 Å². The predicted molar refractivity (Wildman–Crippen MR) is 100 cm³/mol. The number of pyridine rings is 1. The monoisotopic (exact) mass is 343 g/mol. The zero-order valence-corrected chi connectivity index (χ0v) is 14.4. The number of nitrogens with two attached hydrogens (primary N) is 1. The molecule has 24 heavy (non-hydrogen) atoms. The number of anilines is 1. The summed E-state index contributed by atoms with van der Waals surface area (Å²) in [7, 11) is 0. The van der Waals surface area contributed by atoms with E-state index in [1.807, 2.05) is 13.0 Å². The summed E-state index contributed by atoms with van der Waals surface area (Å²) in [6, 6.07) is 12.4. The summed E-state index contributed by atoms with van der Waals surface area (Å²) in [4.78, 5) is 24.1. The SMILES string of the molecule is Cc1cccc(=O)n1CCCCC(=O)Nc1cccc(C(N)=S)c1. The number of nitrogens with one attached hydrogen (secondary N) is 1. The first-order valence-electron chi connectivity index (χ1n) is 7.83. The van der Waals surface area contributed by atoms with Gasteiger partial charge in [0.15, 0.2) is 0 Å². The van der Waals surface area contributed by atoms with Gasteiger partial charge in [-0.05, 0) is 38.0 Å². The van der Waals surface area contributed by atoms with E-state index in [-0.39, 0.29) is 11.5 Å². The van der Waals surface area contributed by atoms with Crippen molar-refractivity contribution in [1.29, 1.82) is 0 Å². The van der Waals surface area contributed by atoms with Crippen LogP contribution in [0.1, 0.15) is 30.5 Å². The van der Waals surface area contributed by atoms with Gasteiger partial charge < -0.3 is 15.6 Å². The van der Waals surface area contributed by atoms with E-state index in [9.17, 15) is 9.59 Å². The van der Waals surface area contributed by atoms with Crippen molar-refractivity contribution >= 4 is 28.8 Å². The number of carbonyl (C=O) groups is 1. The number of aromatic nitrogens is 1. The molecule has 1 heterocycles. The van der Waals surface area contributed by atoms with Crippen LogP contribution in [0.25, 0.3) is 0 Å². The number of thiocarbonyl (C=S) groups is 1. The lowest BCUT2D eigenvalue weighted by molar-refractivity contribution is -0.116. The van der Waals surface area contributed by atoms with Gasteiger partial charge in [-0.25, -0.2) is 0 Å². The molecule has 5 nitrogen and oxygen atoms in total. The largest absolute Gasteiger partial charge is 0.389 e. The second-order valence-corrected chi connectivity index (χ2v) is 6.05. The Hall–Kier alpha value is -2.47. The van der Waals surface area contributed by atoms with E-state index < -0.39 is 0 Å². The number of rotatable bonds is 7. The molecular weight excluding hydrogens is 322 g/mol. The first-order valence-corrected chi connectivity index (χ1v) is 8.24. The maximum absolute atomic E-state index is 12.0. The van der Waals surface area contributed by atoms with Gasteiger partial charge in [0.2, 0.25) is 5.91 Å². The zero-order chi connectivity index (χ0) is 17.5. The van der Waals surface area contributed by atoms with Gasteiger partial charge in [0.05, 0.1) is 0 Å². The van der Waals surface area contributed by atoms with Gasteiger partial charge in [-0.3, -0.25) is 9.59 Å². The molecular formula is C18H21N3O2S. The highest BCUT2D eigenvalue weighted by atomic mass is 32.1. The number of amides is 1. The van der Waals surface area contributed by atoms with Crippen LogP contribution in [0, 0.1) is 6.92 Å². The van der Waals surface area contributed by atoms with E-state index in [0.717, 1.165) is 17.7 Å². The number of hydrogen-bond acceptors (Lipinski definition) is 3. The van der Waals surface area contributed by atoms with Crippen LogP contribution in [0.5, 0.6) is 0 Å². The summed E-state index contributed by atoms with van der Waals surface area (Å²) in [5, 5.41) is 2.84. The molecule has 0 fully saturated rings. The van der Waals surface area contributed by atoms with Gasteiger partial charge >= 0.3 is 0 Å². The number of benzene rings is 1. The quantitative estimate of drug-likeness (QED) is 0.598. The molecule has 2 aromatic rings. The van der Waals surface area contributed by atoms with Gasteiger partial charge in [-0.1, -0.05) is 30.4 Å². The molecule has 3 N–H and O–H groups in total. The van der Waals surface area contributed by atoms with Crippen LogP contribution < -0.4 is 16.6 Å². The van der Waals surface area contributed by atoms with Crippen molar-refractivity contribution in [2.75, 3.05) is 5.32 Å². The summed E-state index contributed by atoms with van der Waals surface area (Å²) in [5.74, 6) is -0.0628. The molecule has 6 heteroatoms. The first kappa shape index (κ1) is 17.9. The Bertz CT molecular complexity index is 799. The highest BCUT2D eigenvalue weighted by Gasteiger charge is 2.05. The lowest BCUT2D eigenvalue weighted by Gasteiger charge is -2.09. The average Bonchev–Trinajstić information content (AvgIpc) is 2.54. The third-order valence-corrected chi connectivity index (χ3v) is 3.97. The number of nitrogens with zero attached hydrogens (tertiary/aromatic N) is 1. The minimum atomic E-state index is -0.0628. The van der Waals surface area contributed by atoms with Gasteiger partial charge in [0.1, 0.15) is 4.99 Å². The molecule has 1 amide bonds. The molecule has 2 rings (SSSR count). The smallest absolute Gasteiger partial charge is 0.250 e. The number of unbranched alkanes of at least 4 members (excludes halogenated alkanes) is 1. The van der Waals surface area contributed by atoms with Gasteiger partial charge in [0, 0.05) is 36.0 Å². The van der Waals surface area contributed by atoms with Crippen LogP contribution >= 0.6 is 12.2 Å². The van der Waals surface area contributed by atoms with Crippen LogP contribution in [0.2, 0.25) is 0 Å².